The van der Waals surface area contributed by atoms with Gasteiger partial charge >= 0.3 is 5.97 Å². The van der Waals surface area contributed by atoms with Gasteiger partial charge in [-0.05, 0) is 19.3 Å². The molecule has 2 heteroatoms. The van der Waals surface area contributed by atoms with Crippen molar-refractivity contribution in [3.8, 4) is 0 Å². The highest BCUT2D eigenvalue weighted by Gasteiger charge is 1.92. The van der Waals surface area contributed by atoms with Crippen LogP contribution in [-0.2, 0) is 4.79 Å². The Hall–Kier alpha value is -1.05. The number of unbranched alkanes of at least 4 members (excludes halogenated alkanes) is 1. The maximum atomic E-state index is 10.0. The first-order valence-electron chi connectivity index (χ1n) is 3.75. The Bertz CT molecular complexity index is 148. The molecule has 0 amide bonds. The van der Waals surface area contributed by atoms with Crippen molar-refractivity contribution in [1.82, 2.24) is 0 Å². The number of carboxylic acids is 1. The van der Waals surface area contributed by atoms with Crippen LogP contribution in [0.2, 0.25) is 0 Å². The summed E-state index contributed by atoms with van der Waals surface area (Å²) in [6, 6.07) is 0. The SMILES string of the molecule is C=CC/C=C\CCCC(=O)O. The van der Waals surface area contributed by atoms with Gasteiger partial charge in [0.15, 0.2) is 0 Å². The van der Waals surface area contributed by atoms with Crippen LogP contribution < -0.4 is 0 Å². The number of allylic oxidation sites excluding steroid dienone is 3. The summed E-state index contributed by atoms with van der Waals surface area (Å²) in [5.74, 6) is -0.720. The van der Waals surface area contributed by atoms with Crippen molar-refractivity contribution in [3.63, 3.8) is 0 Å². The van der Waals surface area contributed by atoms with Crippen molar-refractivity contribution in [2.45, 2.75) is 25.7 Å². The van der Waals surface area contributed by atoms with Crippen LogP contribution in [0.1, 0.15) is 25.7 Å². The van der Waals surface area contributed by atoms with Gasteiger partial charge < -0.3 is 5.11 Å². The molecule has 0 atom stereocenters. The Balaban J connectivity index is 3.13. The number of rotatable bonds is 6. The predicted molar refractivity (Wildman–Crippen MR) is 45.4 cm³/mol. The molecule has 0 fully saturated rings. The number of carboxylic acid groups (broad SMARTS) is 1. The van der Waals surface area contributed by atoms with E-state index in [4.69, 9.17) is 5.11 Å². The van der Waals surface area contributed by atoms with E-state index in [1.54, 1.807) is 0 Å². The first-order valence-corrected chi connectivity index (χ1v) is 3.75. The maximum Gasteiger partial charge on any atom is 0.303 e. The fraction of sp³-hybridized carbons (Fsp3) is 0.444. The summed E-state index contributed by atoms with van der Waals surface area (Å²) in [7, 11) is 0. The van der Waals surface area contributed by atoms with Gasteiger partial charge in [0.1, 0.15) is 0 Å². The molecule has 0 bridgehead atoms. The van der Waals surface area contributed by atoms with Crippen LogP contribution in [0.15, 0.2) is 24.8 Å². The van der Waals surface area contributed by atoms with Crippen LogP contribution in [0.25, 0.3) is 0 Å². The highest BCUT2D eigenvalue weighted by Crippen LogP contribution is 1.97. The van der Waals surface area contributed by atoms with Gasteiger partial charge in [0.2, 0.25) is 0 Å². The number of hydrogen-bond donors (Lipinski definition) is 1. The molecule has 0 aromatic carbocycles. The number of hydrogen-bond acceptors (Lipinski definition) is 1. The first-order chi connectivity index (χ1) is 5.27. The Morgan fingerprint density at radius 3 is 2.73 bits per heavy atom. The van der Waals surface area contributed by atoms with Crippen molar-refractivity contribution >= 4 is 5.97 Å². The van der Waals surface area contributed by atoms with Crippen LogP contribution in [0.5, 0.6) is 0 Å². The van der Waals surface area contributed by atoms with Gasteiger partial charge in [-0.1, -0.05) is 18.2 Å². The van der Waals surface area contributed by atoms with Gasteiger partial charge in [0, 0.05) is 6.42 Å². The Kier molecular flexibility index (Phi) is 6.39. The minimum Gasteiger partial charge on any atom is -0.481 e. The predicted octanol–water partition coefficient (Wildman–Crippen LogP) is 2.37. The molecule has 0 heterocycles. The van der Waals surface area contributed by atoms with Crippen LogP contribution in [0.4, 0.5) is 0 Å². The van der Waals surface area contributed by atoms with Gasteiger partial charge in [-0.2, -0.15) is 0 Å². The zero-order chi connectivity index (χ0) is 8.53. The standard InChI is InChI=1S/C9H14O2/c1-2-3-4-5-6-7-8-9(10)11/h2,4-5H,1,3,6-8H2,(H,10,11)/b5-4-. The molecule has 0 aliphatic rings. The van der Waals surface area contributed by atoms with Gasteiger partial charge in [0.25, 0.3) is 0 Å². The molecule has 2 nitrogen and oxygen atoms in total. The molecule has 0 radical (unpaired) electrons. The third-order valence-electron chi connectivity index (χ3n) is 1.23. The van der Waals surface area contributed by atoms with E-state index in [2.05, 4.69) is 6.58 Å². The lowest BCUT2D eigenvalue weighted by Gasteiger charge is -1.89. The normalized spacial score (nSPS) is 10.2. The monoisotopic (exact) mass is 154 g/mol. The molecule has 0 aliphatic carbocycles. The van der Waals surface area contributed by atoms with Crippen molar-refractivity contribution in [1.29, 1.82) is 0 Å². The summed E-state index contributed by atoms with van der Waals surface area (Å²) >= 11 is 0. The van der Waals surface area contributed by atoms with E-state index >= 15 is 0 Å². The largest absolute Gasteiger partial charge is 0.481 e. The fourth-order valence-corrected chi connectivity index (χ4v) is 0.681. The average molecular weight is 154 g/mol. The fourth-order valence-electron chi connectivity index (χ4n) is 0.681. The molecule has 0 spiro atoms. The lowest BCUT2D eigenvalue weighted by molar-refractivity contribution is -0.137. The quantitative estimate of drug-likeness (QED) is 0.471. The molecule has 0 aliphatic heterocycles. The number of aliphatic carboxylic acids is 1. The summed E-state index contributed by atoms with van der Waals surface area (Å²) < 4.78 is 0. The van der Waals surface area contributed by atoms with E-state index in [1.807, 2.05) is 18.2 Å². The van der Waals surface area contributed by atoms with Crippen molar-refractivity contribution in [3.05, 3.63) is 24.8 Å². The van der Waals surface area contributed by atoms with E-state index in [-0.39, 0.29) is 6.42 Å². The molecule has 0 rings (SSSR count). The Morgan fingerprint density at radius 2 is 2.18 bits per heavy atom. The van der Waals surface area contributed by atoms with Gasteiger partial charge in [-0.3, -0.25) is 4.79 Å². The first kappa shape index (κ1) is 9.95. The van der Waals surface area contributed by atoms with Gasteiger partial charge in [-0.25, -0.2) is 0 Å². The maximum absolute atomic E-state index is 10.0. The molecule has 0 saturated heterocycles. The second kappa shape index (κ2) is 7.06. The summed E-state index contributed by atoms with van der Waals surface area (Å²) in [5, 5.41) is 8.28. The minimum absolute atomic E-state index is 0.262. The topological polar surface area (TPSA) is 37.3 Å². The molecule has 62 valence electrons. The third-order valence-corrected chi connectivity index (χ3v) is 1.23. The Morgan fingerprint density at radius 1 is 1.45 bits per heavy atom. The average Bonchev–Trinajstić information content (AvgIpc) is 1.96. The minimum atomic E-state index is -0.720. The van der Waals surface area contributed by atoms with Crippen LogP contribution in [-0.4, -0.2) is 11.1 Å². The molecule has 0 unspecified atom stereocenters. The second-order valence-corrected chi connectivity index (χ2v) is 2.28. The number of carbonyl (C=O) groups is 1. The van der Waals surface area contributed by atoms with Gasteiger partial charge in [0.05, 0.1) is 0 Å². The third kappa shape index (κ3) is 8.95. The smallest absolute Gasteiger partial charge is 0.303 e. The molecule has 1 N–H and O–H groups in total. The summed E-state index contributed by atoms with van der Waals surface area (Å²) in [6.45, 7) is 3.56. The van der Waals surface area contributed by atoms with E-state index < -0.39 is 5.97 Å². The van der Waals surface area contributed by atoms with Crippen LogP contribution in [0.3, 0.4) is 0 Å². The molecular formula is C9H14O2. The van der Waals surface area contributed by atoms with Gasteiger partial charge in [-0.15, -0.1) is 6.58 Å². The Labute approximate surface area is 67.2 Å². The van der Waals surface area contributed by atoms with E-state index in [0.717, 1.165) is 19.3 Å². The van der Waals surface area contributed by atoms with Crippen molar-refractivity contribution in [2.24, 2.45) is 0 Å². The summed E-state index contributed by atoms with van der Waals surface area (Å²) in [5.41, 5.74) is 0. The molecule has 11 heavy (non-hydrogen) atoms. The second-order valence-electron chi connectivity index (χ2n) is 2.28. The highest BCUT2D eigenvalue weighted by molar-refractivity contribution is 5.66. The highest BCUT2D eigenvalue weighted by atomic mass is 16.4. The van der Waals surface area contributed by atoms with Crippen molar-refractivity contribution < 1.29 is 9.90 Å². The summed E-state index contributed by atoms with van der Waals surface area (Å²) in [6.07, 6.45) is 8.50. The van der Waals surface area contributed by atoms with E-state index in [0.29, 0.717) is 0 Å². The summed E-state index contributed by atoms with van der Waals surface area (Å²) in [4.78, 5) is 10.0. The lowest BCUT2D eigenvalue weighted by Crippen LogP contribution is -1.92. The zero-order valence-electron chi connectivity index (χ0n) is 6.62. The lowest BCUT2D eigenvalue weighted by atomic mass is 10.2. The molecule has 0 aromatic heterocycles. The van der Waals surface area contributed by atoms with Crippen LogP contribution >= 0.6 is 0 Å². The molecule has 0 saturated carbocycles. The zero-order valence-corrected chi connectivity index (χ0v) is 6.62. The van der Waals surface area contributed by atoms with E-state index in [9.17, 15) is 4.79 Å². The van der Waals surface area contributed by atoms with Crippen molar-refractivity contribution in [2.75, 3.05) is 0 Å². The molecule has 0 aromatic rings. The van der Waals surface area contributed by atoms with E-state index in [1.165, 1.54) is 0 Å². The molecular weight excluding hydrogens is 140 g/mol. The van der Waals surface area contributed by atoms with Crippen LogP contribution in [0, 0.1) is 0 Å².